The van der Waals surface area contributed by atoms with E-state index in [4.69, 9.17) is 9.15 Å². The van der Waals surface area contributed by atoms with E-state index >= 15 is 0 Å². The molecule has 0 aliphatic carbocycles. The number of ether oxygens (including phenoxy) is 1. The Morgan fingerprint density at radius 1 is 1.17 bits per heavy atom. The highest BCUT2D eigenvalue weighted by atomic mass is 32.2. The highest BCUT2D eigenvalue weighted by molar-refractivity contribution is 7.98. The number of fused-ring (bicyclic) bond motifs is 1. The lowest BCUT2D eigenvalue weighted by molar-refractivity contribution is -0.139. The van der Waals surface area contributed by atoms with Crippen molar-refractivity contribution >= 4 is 22.9 Å². The molecular formula is C19H15F3N2O3S2. The molecule has 1 aliphatic heterocycles. The van der Waals surface area contributed by atoms with Crippen LogP contribution in [-0.2, 0) is 29.5 Å². The Bertz CT molecular complexity index is 1040. The van der Waals surface area contributed by atoms with Crippen LogP contribution in [0.15, 0.2) is 50.9 Å². The molecule has 0 fully saturated rings. The average molecular weight is 440 g/mol. The third-order valence-corrected chi connectivity index (χ3v) is 6.23. The molecule has 4 rings (SSSR count). The van der Waals surface area contributed by atoms with E-state index in [0.717, 1.165) is 41.1 Å². The number of benzene rings is 2. The van der Waals surface area contributed by atoms with Crippen LogP contribution in [0.5, 0.6) is 5.75 Å². The van der Waals surface area contributed by atoms with Crippen LogP contribution in [0.2, 0.25) is 0 Å². The van der Waals surface area contributed by atoms with Crippen LogP contribution in [0.1, 0.15) is 16.7 Å². The van der Waals surface area contributed by atoms with Gasteiger partial charge in [-0.25, -0.2) is 0 Å². The molecule has 2 heterocycles. The zero-order valence-electron chi connectivity index (χ0n) is 15.2. The predicted octanol–water partition coefficient (Wildman–Crippen LogP) is 4.72. The van der Waals surface area contributed by atoms with Gasteiger partial charge in [0.1, 0.15) is 17.6 Å². The Hall–Kier alpha value is -2.17. The van der Waals surface area contributed by atoms with Gasteiger partial charge in [0.05, 0.1) is 6.61 Å². The molecule has 1 aromatic heterocycles. The maximum absolute atomic E-state index is 13.2. The van der Waals surface area contributed by atoms with Gasteiger partial charge in [0, 0.05) is 17.7 Å². The summed E-state index contributed by atoms with van der Waals surface area (Å²) < 4.78 is 62.4. The van der Waals surface area contributed by atoms with Crippen LogP contribution in [0.3, 0.4) is 0 Å². The van der Waals surface area contributed by atoms with Gasteiger partial charge < -0.3 is 13.7 Å². The zero-order chi connectivity index (χ0) is 20.6. The van der Waals surface area contributed by atoms with Crippen molar-refractivity contribution < 1.29 is 26.9 Å². The summed E-state index contributed by atoms with van der Waals surface area (Å²) in [6.45, 7) is 0.647. The molecule has 29 heavy (non-hydrogen) atoms. The van der Waals surface area contributed by atoms with Gasteiger partial charge >= 0.3 is 6.18 Å². The van der Waals surface area contributed by atoms with Crippen molar-refractivity contribution in [1.82, 2.24) is 10.2 Å². The summed E-state index contributed by atoms with van der Waals surface area (Å²) in [5, 5.41) is 8.24. The number of aromatic nitrogens is 2. The second-order valence-corrected chi connectivity index (χ2v) is 8.64. The van der Waals surface area contributed by atoms with Crippen LogP contribution >= 0.6 is 11.8 Å². The fourth-order valence-electron chi connectivity index (χ4n) is 2.99. The summed E-state index contributed by atoms with van der Waals surface area (Å²) in [5.74, 6) is 1.40. The fourth-order valence-corrected chi connectivity index (χ4v) is 4.44. The van der Waals surface area contributed by atoms with Crippen LogP contribution in [-0.4, -0.2) is 27.6 Å². The Kier molecular flexibility index (Phi) is 5.50. The second-order valence-electron chi connectivity index (χ2n) is 6.37. The molecule has 1 atom stereocenters. The van der Waals surface area contributed by atoms with Crippen molar-refractivity contribution in [1.29, 1.82) is 0 Å². The molecule has 0 radical (unpaired) electrons. The molecule has 1 unspecified atom stereocenters. The number of alkyl halides is 3. The first-order chi connectivity index (χ1) is 13.8. The first kappa shape index (κ1) is 20.1. The predicted molar refractivity (Wildman–Crippen MR) is 102 cm³/mol. The fraction of sp³-hybridized carbons (Fsp3) is 0.263. The molecule has 0 amide bonds. The summed E-state index contributed by atoms with van der Waals surface area (Å²) in [4.78, 5) is -0.230. The van der Waals surface area contributed by atoms with E-state index in [-0.39, 0.29) is 15.9 Å². The van der Waals surface area contributed by atoms with Gasteiger partial charge in [0.2, 0.25) is 5.89 Å². The van der Waals surface area contributed by atoms with Gasteiger partial charge in [-0.3, -0.25) is 0 Å². The van der Waals surface area contributed by atoms with Gasteiger partial charge in [-0.2, -0.15) is 13.2 Å². The molecule has 0 N–H and O–H groups in total. The highest BCUT2D eigenvalue weighted by Gasteiger charge is 2.37. The number of hydrogen-bond acceptors (Lipinski definition) is 6. The van der Waals surface area contributed by atoms with Crippen molar-refractivity contribution in [2.45, 2.75) is 28.5 Å². The smallest absolute Gasteiger partial charge is 0.421 e. The quantitative estimate of drug-likeness (QED) is 0.422. The number of thioether (sulfide) groups is 1. The summed E-state index contributed by atoms with van der Waals surface area (Å²) in [5.41, 5.74) is 1.37. The van der Waals surface area contributed by atoms with Gasteiger partial charge in [-0.15, -0.1) is 10.2 Å². The first-order valence-electron chi connectivity index (χ1n) is 8.57. The Morgan fingerprint density at radius 3 is 2.76 bits per heavy atom. The van der Waals surface area contributed by atoms with E-state index in [9.17, 15) is 17.7 Å². The summed E-state index contributed by atoms with van der Waals surface area (Å²) in [7, 11) is 0. The van der Waals surface area contributed by atoms with E-state index in [0.29, 0.717) is 18.1 Å². The lowest BCUT2D eigenvalue weighted by Gasteiger charge is -2.14. The first-order valence-corrected chi connectivity index (χ1v) is 11.1. The number of nitrogens with zero attached hydrogens (tertiary/aromatic N) is 2. The molecule has 3 aromatic rings. The molecule has 1 aliphatic rings. The highest BCUT2D eigenvalue weighted by Crippen LogP contribution is 2.36. The van der Waals surface area contributed by atoms with Crippen LogP contribution in [0, 0.1) is 0 Å². The number of hydrogen-bond donors (Lipinski definition) is 0. The lowest BCUT2D eigenvalue weighted by atomic mass is 10.1. The third kappa shape index (κ3) is 4.39. The summed E-state index contributed by atoms with van der Waals surface area (Å²) in [6.07, 6.45) is -2.53. The van der Waals surface area contributed by atoms with Crippen molar-refractivity contribution in [3.63, 3.8) is 0 Å². The van der Waals surface area contributed by atoms with Gasteiger partial charge in [0.25, 0.3) is 5.22 Å². The van der Waals surface area contributed by atoms with Crippen molar-refractivity contribution in [3.8, 4) is 17.2 Å². The Morgan fingerprint density at radius 2 is 2.00 bits per heavy atom. The zero-order valence-corrected chi connectivity index (χ0v) is 16.8. The topological polar surface area (TPSA) is 71.2 Å². The average Bonchev–Trinajstić information content (AvgIpc) is 3.34. The normalized spacial score (nSPS) is 14.5. The summed E-state index contributed by atoms with van der Waals surface area (Å²) in [6, 6.07) is 9.40. The minimum absolute atomic E-state index is 0.208. The molecular weight excluding hydrogens is 425 g/mol. The molecule has 5 nitrogen and oxygen atoms in total. The van der Waals surface area contributed by atoms with Gasteiger partial charge in [0.15, 0.2) is 4.90 Å². The van der Waals surface area contributed by atoms with Crippen molar-refractivity contribution in [2.24, 2.45) is 0 Å². The third-order valence-electron chi connectivity index (χ3n) is 4.36. The standard InChI is InChI=1S/C19H15F3N2O3S2/c1-29(25)16-5-2-11(8-14(16)19(20,21)22)10-28-18-24-23-17(27-18)13-3-4-15-12(9-13)6-7-26-15/h2-5,8-9H,6-7,10H2,1H3. The van der Waals surface area contributed by atoms with Crippen molar-refractivity contribution in [2.75, 3.05) is 12.9 Å². The van der Waals surface area contributed by atoms with E-state index in [1.807, 2.05) is 18.2 Å². The van der Waals surface area contributed by atoms with E-state index in [2.05, 4.69) is 10.2 Å². The Labute approximate surface area is 171 Å². The minimum Gasteiger partial charge on any atom is -0.612 e. The molecule has 0 saturated heterocycles. The second kappa shape index (κ2) is 7.92. The molecule has 0 spiro atoms. The van der Waals surface area contributed by atoms with E-state index in [1.54, 1.807) is 0 Å². The molecule has 0 bridgehead atoms. The van der Waals surface area contributed by atoms with Crippen LogP contribution in [0.4, 0.5) is 13.2 Å². The van der Waals surface area contributed by atoms with Gasteiger partial charge in [-0.1, -0.05) is 17.8 Å². The number of halogens is 3. The van der Waals surface area contributed by atoms with E-state index < -0.39 is 22.9 Å². The lowest BCUT2D eigenvalue weighted by Crippen LogP contribution is -2.13. The summed E-state index contributed by atoms with van der Waals surface area (Å²) >= 11 is -0.590. The number of rotatable bonds is 5. The molecule has 10 heteroatoms. The monoisotopic (exact) mass is 440 g/mol. The SMILES string of the molecule is C[S+]([O-])c1ccc(CSc2nnc(-c3ccc4c(c3)CCO4)o2)cc1C(F)(F)F. The van der Waals surface area contributed by atoms with Crippen LogP contribution in [0.25, 0.3) is 11.5 Å². The van der Waals surface area contributed by atoms with Gasteiger partial charge in [-0.05, 0) is 52.6 Å². The maximum atomic E-state index is 13.2. The van der Waals surface area contributed by atoms with Crippen molar-refractivity contribution in [3.05, 3.63) is 53.1 Å². The molecule has 152 valence electrons. The maximum Gasteiger partial charge on any atom is 0.421 e. The van der Waals surface area contributed by atoms with Crippen LogP contribution < -0.4 is 4.74 Å². The largest absolute Gasteiger partial charge is 0.612 e. The minimum atomic E-state index is -4.57. The van der Waals surface area contributed by atoms with E-state index in [1.165, 1.54) is 18.4 Å². The Balaban J connectivity index is 1.49. The molecule has 0 saturated carbocycles. The molecule has 2 aromatic carbocycles.